The highest BCUT2D eigenvalue weighted by atomic mass is 32.1. The van der Waals surface area contributed by atoms with Crippen LogP contribution in [0.3, 0.4) is 0 Å². The number of hydrogen-bond donors (Lipinski definition) is 1. The second-order valence-corrected chi connectivity index (χ2v) is 6.06. The van der Waals surface area contributed by atoms with E-state index in [1.54, 1.807) is 0 Å². The number of anilines is 1. The zero-order valence-corrected chi connectivity index (χ0v) is 11.2. The molecule has 1 aliphatic rings. The molecule has 1 heterocycles. The van der Waals surface area contributed by atoms with Crippen molar-refractivity contribution in [2.24, 2.45) is 11.8 Å². The van der Waals surface area contributed by atoms with E-state index in [0.29, 0.717) is 5.13 Å². The van der Waals surface area contributed by atoms with E-state index in [0.717, 1.165) is 17.3 Å². The van der Waals surface area contributed by atoms with Crippen molar-refractivity contribution in [2.45, 2.75) is 46.0 Å². The maximum absolute atomic E-state index is 11.5. The lowest BCUT2D eigenvalue weighted by atomic mass is 10.1. The van der Waals surface area contributed by atoms with Gasteiger partial charge in [0.15, 0.2) is 0 Å². The maximum Gasteiger partial charge on any atom is 0.228 e. The van der Waals surface area contributed by atoms with Crippen LogP contribution in [0.4, 0.5) is 5.13 Å². The Bertz CT molecular complexity index is 383. The van der Waals surface area contributed by atoms with Gasteiger partial charge in [-0.05, 0) is 5.92 Å². The molecule has 0 spiro atoms. The summed E-state index contributed by atoms with van der Waals surface area (Å²) in [5.74, 6) is 0.766. The first-order chi connectivity index (χ1) is 8.15. The van der Waals surface area contributed by atoms with Crippen LogP contribution < -0.4 is 5.32 Å². The molecule has 4 nitrogen and oxygen atoms in total. The summed E-state index contributed by atoms with van der Waals surface area (Å²) in [6.45, 7) is 3.74. The Balaban J connectivity index is 1.89. The van der Waals surface area contributed by atoms with Crippen molar-refractivity contribution in [1.82, 2.24) is 10.2 Å². The number of rotatable bonds is 4. The predicted octanol–water partition coefficient (Wildman–Crippen LogP) is 2.87. The number of carbonyl (C=O) groups excluding carboxylic acids is 1. The van der Waals surface area contributed by atoms with E-state index in [1.165, 1.54) is 37.0 Å². The van der Waals surface area contributed by atoms with Gasteiger partial charge in [-0.2, -0.15) is 0 Å². The molecule has 17 heavy (non-hydrogen) atoms. The van der Waals surface area contributed by atoms with Gasteiger partial charge in [0.05, 0.1) is 0 Å². The minimum Gasteiger partial charge on any atom is -0.300 e. The molecular formula is C12H19N3OS. The molecule has 0 atom stereocenters. The second-order valence-electron chi connectivity index (χ2n) is 5.00. The summed E-state index contributed by atoms with van der Waals surface area (Å²) >= 11 is 1.51. The second kappa shape index (κ2) is 5.58. The minimum atomic E-state index is -0.0165. The molecule has 1 amide bonds. The van der Waals surface area contributed by atoms with Crippen molar-refractivity contribution in [1.29, 1.82) is 0 Å². The fourth-order valence-corrected chi connectivity index (χ4v) is 2.95. The summed E-state index contributed by atoms with van der Waals surface area (Å²) in [4.78, 5) is 11.5. The van der Waals surface area contributed by atoms with E-state index in [2.05, 4.69) is 15.5 Å². The third kappa shape index (κ3) is 3.49. The molecule has 0 saturated heterocycles. The highest BCUT2D eigenvalue weighted by Crippen LogP contribution is 2.29. The van der Waals surface area contributed by atoms with Crippen molar-refractivity contribution in [3.05, 3.63) is 5.01 Å². The average Bonchev–Trinajstić information content (AvgIpc) is 2.91. The molecule has 0 radical (unpaired) electrons. The van der Waals surface area contributed by atoms with Crippen molar-refractivity contribution >= 4 is 22.4 Å². The average molecular weight is 253 g/mol. The van der Waals surface area contributed by atoms with Gasteiger partial charge in [0, 0.05) is 12.3 Å². The van der Waals surface area contributed by atoms with Gasteiger partial charge in [-0.25, -0.2) is 0 Å². The summed E-state index contributed by atoms with van der Waals surface area (Å²) < 4.78 is 0. The molecule has 0 aromatic carbocycles. The first kappa shape index (κ1) is 12.5. The van der Waals surface area contributed by atoms with Gasteiger partial charge in [0.1, 0.15) is 5.01 Å². The van der Waals surface area contributed by atoms with Crippen LogP contribution in [0.25, 0.3) is 0 Å². The Morgan fingerprint density at radius 1 is 1.41 bits per heavy atom. The number of carbonyl (C=O) groups is 1. The fraction of sp³-hybridized carbons (Fsp3) is 0.750. The topological polar surface area (TPSA) is 54.9 Å². The van der Waals surface area contributed by atoms with Gasteiger partial charge in [0.2, 0.25) is 11.0 Å². The van der Waals surface area contributed by atoms with Crippen molar-refractivity contribution < 1.29 is 4.79 Å². The van der Waals surface area contributed by atoms with Crippen molar-refractivity contribution in [2.75, 3.05) is 5.32 Å². The molecule has 5 heteroatoms. The Hall–Kier alpha value is -0.970. The van der Waals surface area contributed by atoms with Gasteiger partial charge < -0.3 is 5.32 Å². The molecule has 1 fully saturated rings. The zero-order chi connectivity index (χ0) is 12.3. The van der Waals surface area contributed by atoms with Crippen LogP contribution in [0.2, 0.25) is 0 Å². The lowest BCUT2D eigenvalue weighted by molar-refractivity contribution is -0.118. The molecule has 0 bridgehead atoms. The first-order valence-corrected chi connectivity index (χ1v) is 7.10. The molecule has 1 N–H and O–H groups in total. The summed E-state index contributed by atoms with van der Waals surface area (Å²) in [5.41, 5.74) is 0. The molecule has 94 valence electrons. The summed E-state index contributed by atoms with van der Waals surface area (Å²) in [6, 6.07) is 0. The number of hydrogen-bond acceptors (Lipinski definition) is 4. The van der Waals surface area contributed by atoms with E-state index >= 15 is 0 Å². The predicted molar refractivity (Wildman–Crippen MR) is 69.0 cm³/mol. The van der Waals surface area contributed by atoms with Crippen LogP contribution in [0, 0.1) is 11.8 Å². The lowest BCUT2D eigenvalue weighted by Crippen LogP contribution is -2.17. The van der Waals surface area contributed by atoms with Crippen molar-refractivity contribution in [3.8, 4) is 0 Å². The van der Waals surface area contributed by atoms with Crippen LogP contribution in [0.1, 0.15) is 44.5 Å². The van der Waals surface area contributed by atoms with Gasteiger partial charge in [-0.3, -0.25) is 4.79 Å². The zero-order valence-electron chi connectivity index (χ0n) is 10.4. The molecule has 1 saturated carbocycles. The largest absolute Gasteiger partial charge is 0.300 e. The summed E-state index contributed by atoms with van der Waals surface area (Å²) in [6.07, 6.45) is 6.34. The summed E-state index contributed by atoms with van der Waals surface area (Å²) in [5, 5.41) is 12.6. The molecular weight excluding hydrogens is 234 g/mol. The SMILES string of the molecule is CC(C)C(=O)Nc1nnc(CC2CCCC2)s1. The van der Waals surface area contributed by atoms with Crippen LogP contribution in [0.5, 0.6) is 0 Å². The number of amides is 1. The lowest BCUT2D eigenvalue weighted by Gasteiger charge is -2.04. The normalized spacial score (nSPS) is 16.6. The van der Waals surface area contributed by atoms with E-state index < -0.39 is 0 Å². The van der Waals surface area contributed by atoms with Gasteiger partial charge in [-0.15, -0.1) is 10.2 Å². The Labute approximate surface area is 106 Å². The Morgan fingerprint density at radius 3 is 2.76 bits per heavy atom. The van der Waals surface area contributed by atoms with Gasteiger partial charge in [0.25, 0.3) is 0 Å². The molecule has 2 rings (SSSR count). The van der Waals surface area contributed by atoms with Gasteiger partial charge in [-0.1, -0.05) is 50.9 Å². The van der Waals surface area contributed by atoms with E-state index in [4.69, 9.17) is 0 Å². The quantitative estimate of drug-likeness (QED) is 0.897. The molecule has 1 aromatic rings. The maximum atomic E-state index is 11.5. The molecule has 1 aliphatic carbocycles. The molecule has 1 aromatic heterocycles. The van der Waals surface area contributed by atoms with E-state index in [1.807, 2.05) is 13.8 Å². The Morgan fingerprint density at radius 2 is 2.12 bits per heavy atom. The Kier molecular flexibility index (Phi) is 4.10. The highest BCUT2D eigenvalue weighted by molar-refractivity contribution is 7.15. The van der Waals surface area contributed by atoms with Crippen LogP contribution in [-0.2, 0) is 11.2 Å². The van der Waals surface area contributed by atoms with Crippen LogP contribution in [-0.4, -0.2) is 16.1 Å². The van der Waals surface area contributed by atoms with E-state index in [9.17, 15) is 4.79 Å². The fourth-order valence-electron chi connectivity index (χ4n) is 2.10. The monoisotopic (exact) mass is 253 g/mol. The molecule has 0 aliphatic heterocycles. The summed E-state index contributed by atoms with van der Waals surface area (Å²) in [7, 11) is 0. The smallest absolute Gasteiger partial charge is 0.228 e. The molecule has 0 unspecified atom stereocenters. The first-order valence-electron chi connectivity index (χ1n) is 6.28. The van der Waals surface area contributed by atoms with Gasteiger partial charge >= 0.3 is 0 Å². The van der Waals surface area contributed by atoms with Crippen molar-refractivity contribution in [3.63, 3.8) is 0 Å². The minimum absolute atomic E-state index is 0.00793. The highest BCUT2D eigenvalue weighted by Gasteiger charge is 2.18. The number of nitrogens with zero attached hydrogens (tertiary/aromatic N) is 2. The third-order valence-electron chi connectivity index (χ3n) is 3.16. The van der Waals surface area contributed by atoms with E-state index in [-0.39, 0.29) is 11.8 Å². The number of aromatic nitrogens is 2. The van der Waals surface area contributed by atoms with Crippen LogP contribution >= 0.6 is 11.3 Å². The number of nitrogens with one attached hydrogen (secondary N) is 1. The standard InChI is InChI=1S/C12H19N3OS/c1-8(2)11(16)13-12-15-14-10(17-12)7-9-5-3-4-6-9/h8-9H,3-7H2,1-2H3,(H,13,15,16). The third-order valence-corrected chi connectivity index (χ3v) is 4.02. The van der Waals surface area contributed by atoms with Crippen LogP contribution in [0.15, 0.2) is 0 Å².